The topological polar surface area (TPSA) is 35.5 Å². The highest BCUT2D eigenvalue weighted by Gasteiger charge is 2.11. The fourth-order valence-electron chi connectivity index (χ4n) is 3.60. The summed E-state index contributed by atoms with van der Waals surface area (Å²) in [6, 6.07) is 24.4. The molecule has 134 valence electrons. The van der Waals surface area contributed by atoms with Crippen LogP contribution in [0.25, 0.3) is 21.5 Å². The zero-order valence-electron chi connectivity index (χ0n) is 15.4. The molecule has 0 aromatic heterocycles. The lowest BCUT2D eigenvalue weighted by Gasteiger charge is -2.13. The molecule has 0 atom stereocenters. The van der Waals surface area contributed by atoms with Crippen LogP contribution in [0.5, 0.6) is 11.5 Å². The van der Waals surface area contributed by atoms with Crippen LogP contribution in [0.15, 0.2) is 72.8 Å². The van der Waals surface area contributed by atoms with Crippen LogP contribution in [0, 0.1) is 0 Å². The van der Waals surface area contributed by atoms with Crippen molar-refractivity contribution in [2.24, 2.45) is 0 Å². The van der Waals surface area contributed by atoms with Crippen LogP contribution in [0.4, 0.5) is 0 Å². The largest absolute Gasteiger partial charge is 0.496 e. The Morgan fingerprint density at radius 2 is 1.19 bits per heavy atom. The fraction of sp³-hybridized carbons (Fsp3) is 0.125. The van der Waals surface area contributed by atoms with Gasteiger partial charge in [-0.25, -0.2) is 0 Å². The van der Waals surface area contributed by atoms with Gasteiger partial charge in [0.15, 0.2) is 0 Å². The highest BCUT2D eigenvalue weighted by atomic mass is 16.5. The van der Waals surface area contributed by atoms with Crippen molar-refractivity contribution in [3.63, 3.8) is 0 Å². The number of methoxy groups -OCH3 is 1. The highest BCUT2D eigenvalue weighted by Crippen LogP contribution is 2.33. The van der Waals surface area contributed by atoms with E-state index in [2.05, 4.69) is 24.3 Å². The van der Waals surface area contributed by atoms with Gasteiger partial charge in [0, 0.05) is 17.7 Å². The monoisotopic (exact) mass is 356 g/mol. The molecule has 0 spiro atoms. The van der Waals surface area contributed by atoms with E-state index in [-0.39, 0.29) is 5.97 Å². The average Bonchev–Trinajstić information content (AvgIpc) is 2.69. The third-order valence-electron chi connectivity index (χ3n) is 4.80. The van der Waals surface area contributed by atoms with E-state index < -0.39 is 0 Å². The van der Waals surface area contributed by atoms with Crippen molar-refractivity contribution >= 4 is 27.5 Å². The van der Waals surface area contributed by atoms with Gasteiger partial charge < -0.3 is 9.47 Å². The summed E-state index contributed by atoms with van der Waals surface area (Å²) in [6.07, 6.45) is 0.783. The first-order valence-corrected chi connectivity index (χ1v) is 8.91. The van der Waals surface area contributed by atoms with Crippen molar-refractivity contribution in [1.29, 1.82) is 0 Å². The van der Waals surface area contributed by atoms with Gasteiger partial charge in [-0.05, 0) is 40.5 Å². The van der Waals surface area contributed by atoms with Crippen molar-refractivity contribution in [2.75, 3.05) is 7.11 Å². The number of carbonyl (C=O) groups excluding carboxylic acids is 1. The molecule has 0 heterocycles. The van der Waals surface area contributed by atoms with Gasteiger partial charge in [0.25, 0.3) is 0 Å². The van der Waals surface area contributed by atoms with Crippen LogP contribution >= 0.6 is 0 Å². The van der Waals surface area contributed by atoms with Gasteiger partial charge in [-0.3, -0.25) is 4.79 Å². The van der Waals surface area contributed by atoms with Crippen LogP contribution in [-0.2, 0) is 11.2 Å². The van der Waals surface area contributed by atoms with E-state index in [1.54, 1.807) is 7.11 Å². The summed E-state index contributed by atoms with van der Waals surface area (Å²) in [4.78, 5) is 11.4. The fourth-order valence-corrected chi connectivity index (χ4v) is 3.60. The Bertz CT molecular complexity index is 1140. The summed E-state index contributed by atoms with van der Waals surface area (Å²) < 4.78 is 10.9. The summed E-state index contributed by atoms with van der Waals surface area (Å²) in [5, 5.41) is 4.34. The molecule has 4 rings (SSSR count). The van der Waals surface area contributed by atoms with Crippen LogP contribution < -0.4 is 9.47 Å². The predicted molar refractivity (Wildman–Crippen MR) is 109 cm³/mol. The maximum absolute atomic E-state index is 11.4. The van der Waals surface area contributed by atoms with E-state index in [1.165, 1.54) is 23.4 Å². The maximum Gasteiger partial charge on any atom is 0.308 e. The molecular formula is C24H20O3. The normalized spacial score (nSPS) is 10.9. The molecule has 0 radical (unpaired) electrons. The van der Waals surface area contributed by atoms with Gasteiger partial charge in [0.2, 0.25) is 0 Å². The lowest BCUT2D eigenvalue weighted by atomic mass is 9.94. The molecule has 0 aliphatic rings. The van der Waals surface area contributed by atoms with Crippen molar-refractivity contribution < 1.29 is 14.3 Å². The second-order valence-electron chi connectivity index (χ2n) is 6.51. The average molecular weight is 356 g/mol. The number of benzene rings is 4. The standard InChI is InChI=1S/C24H20O3/c1-16(25)27-24-14-12-18(20-8-4-6-10-22(20)24)15-17-11-13-23(26-2)21-9-5-3-7-19(17)21/h3-14H,15H2,1-2H3. The molecule has 0 fully saturated rings. The van der Waals surface area contributed by atoms with E-state index in [1.807, 2.05) is 48.5 Å². The van der Waals surface area contributed by atoms with E-state index in [4.69, 9.17) is 9.47 Å². The molecule has 0 N–H and O–H groups in total. The Morgan fingerprint density at radius 3 is 1.70 bits per heavy atom. The summed E-state index contributed by atoms with van der Waals surface area (Å²) in [5.74, 6) is 1.17. The third-order valence-corrected chi connectivity index (χ3v) is 4.80. The maximum atomic E-state index is 11.4. The van der Waals surface area contributed by atoms with Crippen molar-refractivity contribution in [2.45, 2.75) is 13.3 Å². The first-order valence-electron chi connectivity index (χ1n) is 8.91. The lowest BCUT2D eigenvalue weighted by Crippen LogP contribution is -2.02. The molecule has 3 heteroatoms. The summed E-state index contributed by atoms with van der Waals surface area (Å²) in [5.41, 5.74) is 2.42. The molecule has 0 unspecified atom stereocenters. The minimum Gasteiger partial charge on any atom is -0.496 e. The highest BCUT2D eigenvalue weighted by molar-refractivity contribution is 5.94. The van der Waals surface area contributed by atoms with Crippen molar-refractivity contribution in [3.8, 4) is 11.5 Å². The first kappa shape index (κ1) is 17.1. The van der Waals surface area contributed by atoms with E-state index in [9.17, 15) is 4.79 Å². The van der Waals surface area contributed by atoms with Crippen molar-refractivity contribution in [1.82, 2.24) is 0 Å². The molecule has 0 aliphatic heterocycles. The first-order chi connectivity index (χ1) is 13.2. The van der Waals surface area contributed by atoms with Gasteiger partial charge in [-0.2, -0.15) is 0 Å². The van der Waals surface area contributed by atoms with Crippen LogP contribution in [-0.4, -0.2) is 13.1 Å². The number of esters is 1. The summed E-state index contributed by atoms with van der Waals surface area (Å²) in [7, 11) is 1.70. The molecule has 27 heavy (non-hydrogen) atoms. The summed E-state index contributed by atoms with van der Waals surface area (Å²) in [6.45, 7) is 1.42. The Labute approximate surface area is 158 Å². The van der Waals surface area contributed by atoms with Gasteiger partial charge in [0.1, 0.15) is 11.5 Å². The van der Waals surface area contributed by atoms with Gasteiger partial charge in [-0.15, -0.1) is 0 Å². The quantitative estimate of drug-likeness (QED) is 0.357. The van der Waals surface area contributed by atoms with Gasteiger partial charge in [-0.1, -0.05) is 60.7 Å². The number of rotatable bonds is 4. The van der Waals surface area contributed by atoms with E-state index in [0.717, 1.165) is 28.3 Å². The molecule has 3 nitrogen and oxygen atoms in total. The molecule has 0 aliphatic carbocycles. The molecule has 0 saturated heterocycles. The minimum absolute atomic E-state index is 0.311. The second kappa shape index (κ2) is 7.12. The predicted octanol–water partition coefficient (Wildman–Crippen LogP) is 5.52. The molecule has 0 amide bonds. The zero-order chi connectivity index (χ0) is 18.8. The molecular weight excluding hydrogens is 336 g/mol. The lowest BCUT2D eigenvalue weighted by molar-refractivity contribution is -0.131. The van der Waals surface area contributed by atoms with Gasteiger partial charge >= 0.3 is 5.97 Å². The minimum atomic E-state index is -0.311. The number of hydrogen-bond donors (Lipinski definition) is 0. The van der Waals surface area contributed by atoms with E-state index in [0.29, 0.717) is 5.75 Å². The molecule has 4 aromatic rings. The smallest absolute Gasteiger partial charge is 0.308 e. The zero-order valence-corrected chi connectivity index (χ0v) is 15.4. The third kappa shape index (κ3) is 3.24. The summed E-state index contributed by atoms with van der Waals surface area (Å²) >= 11 is 0. The molecule has 0 saturated carbocycles. The Hall–Kier alpha value is -3.33. The van der Waals surface area contributed by atoms with Crippen LogP contribution in [0.2, 0.25) is 0 Å². The SMILES string of the molecule is COc1ccc(Cc2ccc(OC(C)=O)c3ccccc23)c2ccccc12. The Kier molecular flexibility index (Phi) is 4.51. The Morgan fingerprint density at radius 1 is 0.704 bits per heavy atom. The number of fused-ring (bicyclic) bond motifs is 2. The number of ether oxygens (including phenoxy) is 2. The number of hydrogen-bond acceptors (Lipinski definition) is 3. The van der Waals surface area contributed by atoms with Crippen LogP contribution in [0.3, 0.4) is 0 Å². The van der Waals surface area contributed by atoms with Gasteiger partial charge in [0.05, 0.1) is 7.11 Å². The van der Waals surface area contributed by atoms with Crippen molar-refractivity contribution in [3.05, 3.63) is 83.9 Å². The second-order valence-corrected chi connectivity index (χ2v) is 6.51. The van der Waals surface area contributed by atoms with Crippen LogP contribution in [0.1, 0.15) is 18.1 Å². The van der Waals surface area contributed by atoms with E-state index >= 15 is 0 Å². The molecule has 4 aromatic carbocycles. The Balaban J connectivity index is 1.83. The number of carbonyl (C=O) groups is 1. The molecule has 0 bridgehead atoms.